The largest absolute Gasteiger partial charge is 0.497 e. The van der Waals surface area contributed by atoms with E-state index in [0.717, 1.165) is 12.2 Å². The molecule has 0 saturated heterocycles. The van der Waals surface area contributed by atoms with Crippen molar-refractivity contribution >= 4 is 5.91 Å². The Balaban J connectivity index is 2.58. The van der Waals surface area contributed by atoms with Crippen LogP contribution in [0.15, 0.2) is 24.3 Å². The molecule has 2 atom stereocenters. The molecule has 0 aliphatic heterocycles. The average molecular weight is 264 g/mol. The van der Waals surface area contributed by atoms with Crippen LogP contribution in [0.5, 0.6) is 5.75 Å². The normalized spacial score (nSPS) is 14.2. The monoisotopic (exact) mass is 264 g/mol. The fourth-order valence-corrected chi connectivity index (χ4v) is 2.08. The number of carbonyl (C=O) groups is 1. The molecule has 0 aliphatic rings. The molecule has 4 heteroatoms. The molecule has 1 aromatic rings. The van der Waals surface area contributed by atoms with E-state index < -0.39 is 0 Å². The van der Waals surface area contributed by atoms with Gasteiger partial charge < -0.3 is 15.8 Å². The molecule has 19 heavy (non-hydrogen) atoms. The van der Waals surface area contributed by atoms with E-state index in [2.05, 4.69) is 12.2 Å². The number of benzene rings is 1. The van der Waals surface area contributed by atoms with E-state index >= 15 is 0 Å². The first-order valence-corrected chi connectivity index (χ1v) is 6.62. The minimum atomic E-state index is -0.295. The number of nitrogens with one attached hydrogen (secondary N) is 1. The van der Waals surface area contributed by atoms with Crippen LogP contribution in [0.2, 0.25) is 0 Å². The molecule has 0 spiro atoms. The zero-order valence-corrected chi connectivity index (χ0v) is 12.1. The first-order chi connectivity index (χ1) is 8.93. The predicted molar refractivity (Wildman–Crippen MR) is 77.1 cm³/mol. The van der Waals surface area contributed by atoms with Crippen LogP contribution >= 0.6 is 0 Å². The van der Waals surface area contributed by atoms with Gasteiger partial charge in [0.2, 0.25) is 5.91 Å². The highest BCUT2D eigenvalue weighted by Crippen LogP contribution is 2.13. The Morgan fingerprint density at radius 1 is 1.26 bits per heavy atom. The van der Waals surface area contributed by atoms with Gasteiger partial charge >= 0.3 is 0 Å². The van der Waals surface area contributed by atoms with Crippen LogP contribution < -0.4 is 15.8 Å². The predicted octanol–water partition coefficient (Wildman–Crippen LogP) is 1.73. The number of hydrogen-bond donors (Lipinski definition) is 2. The summed E-state index contributed by atoms with van der Waals surface area (Å²) < 4.78 is 5.12. The van der Waals surface area contributed by atoms with Crippen molar-refractivity contribution < 1.29 is 9.53 Å². The van der Waals surface area contributed by atoms with Gasteiger partial charge in [-0.15, -0.1) is 0 Å². The van der Waals surface area contributed by atoms with Crippen molar-refractivity contribution in [3.63, 3.8) is 0 Å². The first-order valence-electron chi connectivity index (χ1n) is 6.62. The van der Waals surface area contributed by atoms with E-state index in [4.69, 9.17) is 10.5 Å². The van der Waals surface area contributed by atoms with Gasteiger partial charge in [0, 0.05) is 6.04 Å². The van der Waals surface area contributed by atoms with Crippen molar-refractivity contribution in [2.45, 2.75) is 39.3 Å². The summed E-state index contributed by atoms with van der Waals surface area (Å²) in [6.45, 7) is 6.04. The van der Waals surface area contributed by atoms with E-state index in [-0.39, 0.29) is 23.9 Å². The summed E-state index contributed by atoms with van der Waals surface area (Å²) in [7, 11) is 1.65. The van der Waals surface area contributed by atoms with Crippen molar-refractivity contribution in [2.75, 3.05) is 7.11 Å². The van der Waals surface area contributed by atoms with Crippen LogP contribution in [0.3, 0.4) is 0 Å². The van der Waals surface area contributed by atoms with Crippen LogP contribution in [0.4, 0.5) is 0 Å². The highest BCUT2D eigenvalue weighted by molar-refractivity contribution is 5.80. The molecule has 0 fully saturated rings. The number of amides is 1. The summed E-state index contributed by atoms with van der Waals surface area (Å²) in [6.07, 6.45) is 0.848. The highest BCUT2D eigenvalue weighted by Gasteiger charge is 2.21. The molecule has 4 nitrogen and oxygen atoms in total. The Labute approximate surface area is 115 Å². The minimum Gasteiger partial charge on any atom is -0.497 e. The van der Waals surface area contributed by atoms with E-state index in [0.29, 0.717) is 0 Å². The van der Waals surface area contributed by atoms with Gasteiger partial charge in [-0.2, -0.15) is 0 Å². The van der Waals surface area contributed by atoms with Crippen molar-refractivity contribution in [2.24, 2.45) is 11.7 Å². The summed E-state index contributed by atoms with van der Waals surface area (Å²) in [5, 5.41) is 3.29. The molecule has 0 heterocycles. The van der Waals surface area contributed by atoms with Gasteiger partial charge in [-0.05, 0) is 37.0 Å². The molecule has 0 aliphatic carbocycles. The van der Waals surface area contributed by atoms with Crippen molar-refractivity contribution in [3.05, 3.63) is 29.8 Å². The van der Waals surface area contributed by atoms with E-state index in [1.807, 2.05) is 38.1 Å². The van der Waals surface area contributed by atoms with E-state index in [1.54, 1.807) is 7.11 Å². The molecular formula is C15H24N2O2. The molecule has 0 aromatic heterocycles. The summed E-state index contributed by atoms with van der Waals surface area (Å²) in [5.41, 5.74) is 6.60. The molecule has 0 saturated carbocycles. The quantitative estimate of drug-likeness (QED) is 0.788. The number of ether oxygens (including phenoxy) is 1. The second-order valence-corrected chi connectivity index (χ2v) is 5.24. The second-order valence-electron chi connectivity index (χ2n) is 5.24. The molecule has 0 bridgehead atoms. The van der Waals surface area contributed by atoms with Gasteiger partial charge in [0.15, 0.2) is 0 Å². The van der Waals surface area contributed by atoms with Crippen molar-refractivity contribution in [3.8, 4) is 5.75 Å². The molecule has 106 valence electrons. The minimum absolute atomic E-state index is 0.188. The number of primary amides is 1. The Bertz CT molecular complexity index is 401. The number of nitrogens with two attached hydrogens (primary N) is 1. The Morgan fingerprint density at radius 3 is 2.26 bits per heavy atom. The Hall–Kier alpha value is -1.55. The number of methoxy groups -OCH3 is 1. The maximum absolute atomic E-state index is 11.4. The third kappa shape index (κ3) is 4.91. The van der Waals surface area contributed by atoms with Crippen LogP contribution in [-0.4, -0.2) is 25.1 Å². The van der Waals surface area contributed by atoms with Gasteiger partial charge in [0.25, 0.3) is 0 Å². The maximum Gasteiger partial charge on any atom is 0.234 e. The van der Waals surface area contributed by atoms with Gasteiger partial charge in [-0.1, -0.05) is 26.0 Å². The SMILES string of the molecule is COc1ccc(CC(C)NC(C(N)=O)C(C)C)cc1. The highest BCUT2D eigenvalue weighted by atomic mass is 16.5. The number of hydrogen-bond acceptors (Lipinski definition) is 3. The zero-order chi connectivity index (χ0) is 14.4. The summed E-state index contributed by atoms with van der Waals surface area (Å²) in [6, 6.07) is 7.85. The number of carbonyl (C=O) groups excluding carboxylic acids is 1. The van der Waals surface area contributed by atoms with Crippen molar-refractivity contribution in [1.82, 2.24) is 5.32 Å². The lowest BCUT2D eigenvalue weighted by Gasteiger charge is -2.23. The fourth-order valence-electron chi connectivity index (χ4n) is 2.08. The van der Waals surface area contributed by atoms with Gasteiger partial charge in [-0.25, -0.2) is 0 Å². The number of rotatable bonds is 7. The molecule has 3 N–H and O–H groups in total. The smallest absolute Gasteiger partial charge is 0.234 e. The van der Waals surface area contributed by atoms with E-state index in [1.165, 1.54) is 5.56 Å². The zero-order valence-electron chi connectivity index (χ0n) is 12.1. The third-order valence-corrected chi connectivity index (χ3v) is 3.14. The molecule has 0 radical (unpaired) electrons. The molecule has 2 unspecified atom stereocenters. The van der Waals surface area contributed by atoms with Crippen molar-refractivity contribution in [1.29, 1.82) is 0 Å². The Morgan fingerprint density at radius 2 is 1.84 bits per heavy atom. The van der Waals surface area contributed by atoms with Gasteiger partial charge in [-0.3, -0.25) is 4.79 Å². The van der Waals surface area contributed by atoms with Gasteiger partial charge in [0.05, 0.1) is 13.2 Å². The van der Waals surface area contributed by atoms with Gasteiger partial charge in [0.1, 0.15) is 5.75 Å². The summed E-state index contributed by atoms with van der Waals surface area (Å²) in [5.74, 6) is 0.744. The lowest BCUT2D eigenvalue weighted by atomic mass is 10.0. The topological polar surface area (TPSA) is 64.3 Å². The molecule has 1 aromatic carbocycles. The maximum atomic E-state index is 11.4. The lowest BCUT2D eigenvalue weighted by molar-refractivity contribution is -0.121. The molecule has 1 amide bonds. The van der Waals surface area contributed by atoms with Crippen LogP contribution in [-0.2, 0) is 11.2 Å². The fraction of sp³-hybridized carbons (Fsp3) is 0.533. The average Bonchev–Trinajstić information content (AvgIpc) is 2.36. The van der Waals surface area contributed by atoms with Crippen LogP contribution in [0, 0.1) is 5.92 Å². The van der Waals surface area contributed by atoms with Crippen LogP contribution in [0.25, 0.3) is 0 Å². The first kappa shape index (κ1) is 15.5. The molecule has 1 rings (SSSR count). The lowest BCUT2D eigenvalue weighted by Crippen LogP contribution is -2.49. The Kier molecular flexibility index (Phi) is 5.83. The standard InChI is InChI=1S/C15H24N2O2/c1-10(2)14(15(16)18)17-11(3)9-12-5-7-13(19-4)8-6-12/h5-8,10-11,14,17H,9H2,1-4H3,(H2,16,18). The van der Waals surface area contributed by atoms with Crippen LogP contribution in [0.1, 0.15) is 26.3 Å². The third-order valence-electron chi connectivity index (χ3n) is 3.14. The second kappa shape index (κ2) is 7.14. The molecular weight excluding hydrogens is 240 g/mol. The van der Waals surface area contributed by atoms with E-state index in [9.17, 15) is 4.79 Å². The summed E-state index contributed by atoms with van der Waals surface area (Å²) in [4.78, 5) is 11.4. The summed E-state index contributed by atoms with van der Waals surface area (Å²) >= 11 is 0.